The van der Waals surface area contributed by atoms with Gasteiger partial charge in [0.05, 0.1) is 0 Å². The third-order valence-electron chi connectivity index (χ3n) is 2.27. The molecule has 0 fully saturated rings. The fraction of sp³-hybridized carbons (Fsp3) is 0.308. The van der Waals surface area contributed by atoms with Gasteiger partial charge in [-0.1, -0.05) is 17.7 Å². The first-order valence-electron chi connectivity index (χ1n) is 4.91. The number of aliphatic hydroxyl groups excluding tert-OH is 1. The molecule has 1 aromatic carbocycles. The lowest BCUT2D eigenvalue weighted by Crippen LogP contribution is -1.96. The van der Waals surface area contributed by atoms with Crippen LogP contribution in [0.5, 0.6) is 0 Å². The molecule has 0 aliphatic rings. The number of aliphatic hydroxyl groups is 1. The van der Waals surface area contributed by atoms with Crippen LogP contribution in [0.15, 0.2) is 18.2 Å². The van der Waals surface area contributed by atoms with Crippen LogP contribution >= 0.6 is 0 Å². The van der Waals surface area contributed by atoms with Crippen LogP contribution in [0.1, 0.15) is 29.2 Å². The van der Waals surface area contributed by atoms with Crippen LogP contribution in [0.3, 0.4) is 0 Å². The summed E-state index contributed by atoms with van der Waals surface area (Å²) in [4.78, 5) is 10.9. The summed E-state index contributed by atoms with van der Waals surface area (Å²) < 4.78 is 0. The third-order valence-corrected chi connectivity index (χ3v) is 2.27. The van der Waals surface area contributed by atoms with Gasteiger partial charge in [-0.3, -0.25) is 4.79 Å². The van der Waals surface area contributed by atoms with Gasteiger partial charge in [0.15, 0.2) is 5.78 Å². The highest BCUT2D eigenvalue weighted by atomic mass is 16.3. The Labute approximate surface area is 90.3 Å². The quantitative estimate of drug-likeness (QED) is 0.593. The van der Waals surface area contributed by atoms with E-state index in [9.17, 15) is 9.90 Å². The SMILES string of the molecule is CC(=O)/C=C(\O)c1c(C)cc(C)cc1C. The van der Waals surface area contributed by atoms with Gasteiger partial charge >= 0.3 is 0 Å². The van der Waals surface area contributed by atoms with E-state index in [1.807, 2.05) is 32.9 Å². The molecule has 2 heteroatoms. The van der Waals surface area contributed by atoms with Crippen molar-refractivity contribution < 1.29 is 9.90 Å². The maximum absolute atomic E-state index is 10.9. The summed E-state index contributed by atoms with van der Waals surface area (Å²) in [5.41, 5.74) is 3.89. The molecule has 2 nitrogen and oxygen atoms in total. The second-order valence-corrected chi connectivity index (χ2v) is 3.91. The van der Waals surface area contributed by atoms with Gasteiger partial charge in [0.1, 0.15) is 5.76 Å². The van der Waals surface area contributed by atoms with Crippen molar-refractivity contribution in [2.45, 2.75) is 27.7 Å². The minimum absolute atomic E-state index is 0.0532. The number of ketones is 1. The average Bonchev–Trinajstić information content (AvgIpc) is 1.99. The average molecular weight is 204 g/mol. The van der Waals surface area contributed by atoms with Crippen LogP contribution in [0.25, 0.3) is 5.76 Å². The number of hydrogen-bond acceptors (Lipinski definition) is 2. The van der Waals surface area contributed by atoms with Crippen molar-refractivity contribution in [2.24, 2.45) is 0 Å². The Morgan fingerprint density at radius 1 is 1.20 bits per heavy atom. The highest BCUT2D eigenvalue weighted by Crippen LogP contribution is 2.22. The fourth-order valence-electron chi connectivity index (χ4n) is 1.85. The van der Waals surface area contributed by atoms with E-state index in [4.69, 9.17) is 0 Å². The molecule has 0 aliphatic heterocycles. The van der Waals surface area contributed by atoms with Crippen LogP contribution in [0.4, 0.5) is 0 Å². The van der Waals surface area contributed by atoms with Crippen molar-refractivity contribution in [2.75, 3.05) is 0 Å². The molecule has 1 aromatic rings. The summed E-state index contributed by atoms with van der Waals surface area (Å²) >= 11 is 0. The molecule has 0 saturated carbocycles. The lowest BCUT2D eigenvalue weighted by molar-refractivity contribution is -0.112. The fourth-order valence-corrected chi connectivity index (χ4v) is 1.85. The van der Waals surface area contributed by atoms with Crippen LogP contribution in [0.2, 0.25) is 0 Å². The van der Waals surface area contributed by atoms with E-state index in [1.54, 1.807) is 0 Å². The number of carbonyl (C=O) groups is 1. The maximum Gasteiger partial charge on any atom is 0.156 e. The predicted molar refractivity (Wildman–Crippen MR) is 61.9 cm³/mol. The highest BCUT2D eigenvalue weighted by Gasteiger charge is 2.08. The number of allylic oxidation sites excluding steroid dienone is 1. The van der Waals surface area contributed by atoms with Gasteiger partial charge in [-0.2, -0.15) is 0 Å². The summed E-state index contributed by atoms with van der Waals surface area (Å²) in [6, 6.07) is 3.99. The molecule has 0 spiro atoms. The smallest absolute Gasteiger partial charge is 0.156 e. The maximum atomic E-state index is 10.9. The van der Waals surface area contributed by atoms with E-state index < -0.39 is 0 Å². The number of aryl methyl sites for hydroxylation is 3. The summed E-state index contributed by atoms with van der Waals surface area (Å²) in [5.74, 6) is -0.0932. The Morgan fingerprint density at radius 2 is 1.67 bits per heavy atom. The second kappa shape index (κ2) is 4.30. The van der Waals surface area contributed by atoms with Crippen LogP contribution in [-0.4, -0.2) is 10.9 Å². The van der Waals surface area contributed by atoms with Crippen LogP contribution in [0, 0.1) is 20.8 Å². The van der Waals surface area contributed by atoms with Gasteiger partial charge in [0.25, 0.3) is 0 Å². The van der Waals surface area contributed by atoms with Gasteiger partial charge in [-0.15, -0.1) is 0 Å². The van der Waals surface area contributed by atoms with E-state index in [0.29, 0.717) is 0 Å². The summed E-state index contributed by atoms with van der Waals surface area (Å²) in [6.45, 7) is 7.30. The molecule has 0 radical (unpaired) electrons. The van der Waals surface area contributed by atoms with Crippen molar-refractivity contribution >= 4 is 11.5 Å². The Hall–Kier alpha value is -1.57. The molecule has 1 N–H and O–H groups in total. The molecular formula is C13H16O2. The molecule has 80 valence electrons. The predicted octanol–water partition coefficient (Wildman–Crippen LogP) is 3.10. The molecule has 0 atom stereocenters. The molecule has 0 aromatic heterocycles. The molecule has 0 amide bonds. The van der Waals surface area contributed by atoms with E-state index in [2.05, 4.69) is 0 Å². The number of rotatable bonds is 2. The molecule has 15 heavy (non-hydrogen) atoms. The van der Waals surface area contributed by atoms with Gasteiger partial charge in [0.2, 0.25) is 0 Å². The first kappa shape index (κ1) is 11.5. The Kier molecular flexibility index (Phi) is 3.30. The Balaban J connectivity index is 3.32. The highest BCUT2D eigenvalue weighted by molar-refractivity contribution is 5.94. The van der Waals surface area contributed by atoms with Crippen molar-refractivity contribution in [3.05, 3.63) is 40.5 Å². The normalized spacial score (nSPS) is 11.6. The van der Waals surface area contributed by atoms with Gasteiger partial charge in [-0.05, 0) is 38.8 Å². The summed E-state index contributed by atoms with van der Waals surface area (Å²) in [7, 11) is 0. The number of carbonyl (C=O) groups excluding carboxylic acids is 1. The standard InChI is InChI=1S/C13H16O2/c1-8-5-9(2)13(10(3)6-8)12(15)7-11(4)14/h5-7,15H,1-4H3/b12-7-. The Bertz CT molecular complexity index is 405. The van der Waals surface area contributed by atoms with E-state index in [-0.39, 0.29) is 11.5 Å². The minimum Gasteiger partial charge on any atom is -0.507 e. The van der Waals surface area contributed by atoms with Crippen molar-refractivity contribution in [3.8, 4) is 0 Å². The summed E-state index contributed by atoms with van der Waals surface area (Å²) in [6.07, 6.45) is 1.25. The zero-order valence-electron chi connectivity index (χ0n) is 9.59. The molecule has 0 aliphatic carbocycles. The lowest BCUT2D eigenvalue weighted by Gasteiger charge is -2.10. The molecule has 1 rings (SSSR count). The van der Waals surface area contributed by atoms with Crippen molar-refractivity contribution in [1.82, 2.24) is 0 Å². The van der Waals surface area contributed by atoms with Gasteiger partial charge < -0.3 is 5.11 Å². The van der Waals surface area contributed by atoms with Crippen molar-refractivity contribution in [3.63, 3.8) is 0 Å². The molecular weight excluding hydrogens is 188 g/mol. The van der Waals surface area contributed by atoms with E-state index >= 15 is 0 Å². The monoisotopic (exact) mass is 204 g/mol. The van der Waals surface area contributed by atoms with E-state index in [1.165, 1.54) is 13.0 Å². The minimum atomic E-state index is -0.146. The zero-order chi connectivity index (χ0) is 11.6. The zero-order valence-corrected chi connectivity index (χ0v) is 9.59. The first-order chi connectivity index (χ1) is 6.91. The molecule has 0 heterocycles. The van der Waals surface area contributed by atoms with Crippen LogP contribution in [-0.2, 0) is 4.79 Å². The summed E-state index contributed by atoms with van der Waals surface area (Å²) in [5, 5.41) is 9.78. The molecule has 0 unspecified atom stereocenters. The van der Waals surface area contributed by atoms with Gasteiger partial charge in [-0.25, -0.2) is 0 Å². The largest absolute Gasteiger partial charge is 0.507 e. The van der Waals surface area contributed by atoms with Crippen molar-refractivity contribution in [1.29, 1.82) is 0 Å². The molecule has 0 bridgehead atoms. The van der Waals surface area contributed by atoms with E-state index in [0.717, 1.165) is 22.3 Å². The molecule has 0 saturated heterocycles. The third kappa shape index (κ3) is 2.69. The lowest BCUT2D eigenvalue weighted by atomic mass is 9.98. The second-order valence-electron chi connectivity index (χ2n) is 3.91. The number of benzene rings is 1. The number of hydrogen-bond donors (Lipinski definition) is 1. The Morgan fingerprint density at radius 3 is 2.07 bits per heavy atom. The van der Waals surface area contributed by atoms with Crippen LogP contribution < -0.4 is 0 Å². The topological polar surface area (TPSA) is 37.3 Å². The van der Waals surface area contributed by atoms with Gasteiger partial charge in [0, 0.05) is 11.6 Å². The first-order valence-corrected chi connectivity index (χ1v) is 4.91.